The van der Waals surface area contributed by atoms with Crippen LogP contribution in [0.2, 0.25) is 0 Å². The first kappa shape index (κ1) is 23.6. The highest BCUT2D eigenvalue weighted by Crippen LogP contribution is 2.61. The molecule has 6 rings (SSSR count). The Morgan fingerprint density at radius 1 is 0.892 bits per heavy atom. The predicted octanol–water partition coefficient (Wildman–Crippen LogP) is 5.43. The molecule has 1 saturated heterocycles. The zero-order valence-corrected chi connectivity index (χ0v) is 21.8. The van der Waals surface area contributed by atoms with Gasteiger partial charge in [-0.1, -0.05) is 70.5 Å². The smallest absolute Gasteiger partial charge is 0.221 e. The van der Waals surface area contributed by atoms with E-state index in [-0.39, 0.29) is 23.3 Å². The first-order valence-corrected chi connectivity index (χ1v) is 12.9. The van der Waals surface area contributed by atoms with Gasteiger partial charge >= 0.3 is 0 Å². The van der Waals surface area contributed by atoms with Crippen LogP contribution in [0.3, 0.4) is 0 Å². The quantitative estimate of drug-likeness (QED) is 0.436. The van der Waals surface area contributed by atoms with Crippen LogP contribution in [0.1, 0.15) is 51.6 Å². The molecule has 2 aliphatic heterocycles. The molecule has 1 amide bonds. The minimum Gasteiger partial charge on any atom is -0.352 e. The van der Waals surface area contributed by atoms with Crippen molar-refractivity contribution in [3.05, 3.63) is 99.5 Å². The number of ketones is 3. The number of carbonyl (C=O) groups excluding carboxylic acids is 4. The minimum atomic E-state index is -1.51. The molecule has 0 unspecified atom stereocenters. The molecule has 184 valence electrons. The zero-order chi connectivity index (χ0) is 26.1. The summed E-state index contributed by atoms with van der Waals surface area (Å²) >= 11 is 3.47. The van der Waals surface area contributed by atoms with Gasteiger partial charge in [0, 0.05) is 39.7 Å². The number of rotatable bonds is 3. The summed E-state index contributed by atoms with van der Waals surface area (Å²) in [5.41, 5.74) is 2.08. The van der Waals surface area contributed by atoms with Crippen molar-refractivity contribution in [3.63, 3.8) is 0 Å². The van der Waals surface area contributed by atoms with Crippen LogP contribution in [0, 0.1) is 5.41 Å². The van der Waals surface area contributed by atoms with Crippen LogP contribution in [0.25, 0.3) is 6.08 Å². The van der Waals surface area contributed by atoms with Gasteiger partial charge in [-0.05, 0) is 36.8 Å². The number of Topliss-reactive ketones (excluding diaryl/α,β-unsaturated/α-hetero) is 3. The fraction of sp³-hybridized carbons (Fsp3) is 0.200. The second kappa shape index (κ2) is 8.35. The van der Waals surface area contributed by atoms with Gasteiger partial charge in [0.05, 0.1) is 17.8 Å². The Balaban J connectivity index is 1.65. The molecule has 1 fully saturated rings. The molecule has 2 heterocycles. The summed E-state index contributed by atoms with van der Waals surface area (Å²) in [4.78, 5) is 56.0. The number of amides is 1. The highest BCUT2D eigenvalue weighted by atomic mass is 79.9. The Morgan fingerprint density at radius 3 is 2.14 bits per heavy atom. The molecular formula is C30H23BrN2O4. The number of hydrogen-bond acceptors (Lipinski definition) is 5. The van der Waals surface area contributed by atoms with Crippen LogP contribution in [-0.2, 0) is 9.59 Å². The SMILES string of the molecule is CC(=O)Nc1cccc2c1C=C[C@@H]1N2[C@@H](C(C)=O)[C@@H](c2ccc(Br)cc2)C12C(=O)c1ccccc1C2=O. The molecule has 1 spiro atoms. The van der Waals surface area contributed by atoms with Gasteiger partial charge in [0.2, 0.25) is 5.91 Å². The van der Waals surface area contributed by atoms with Crippen molar-refractivity contribution in [2.75, 3.05) is 10.2 Å². The van der Waals surface area contributed by atoms with Crippen LogP contribution in [0.4, 0.5) is 11.4 Å². The summed E-state index contributed by atoms with van der Waals surface area (Å²) in [5.74, 6) is -1.58. The van der Waals surface area contributed by atoms with E-state index < -0.39 is 23.4 Å². The summed E-state index contributed by atoms with van der Waals surface area (Å²) in [6, 6.07) is 18.5. The van der Waals surface area contributed by atoms with Crippen molar-refractivity contribution in [2.45, 2.75) is 31.8 Å². The summed E-state index contributed by atoms with van der Waals surface area (Å²) in [6.45, 7) is 2.95. The van der Waals surface area contributed by atoms with E-state index in [0.29, 0.717) is 22.5 Å². The number of hydrogen-bond donors (Lipinski definition) is 1. The molecule has 7 heteroatoms. The van der Waals surface area contributed by atoms with Crippen LogP contribution < -0.4 is 10.2 Å². The Bertz CT molecular complexity index is 1510. The van der Waals surface area contributed by atoms with E-state index in [1.165, 1.54) is 13.8 Å². The van der Waals surface area contributed by atoms with Crippen molar-refractivity contribution >= 4 is 56.6 Å². The maximum atomic E-state index is 14.4. The van der Waals surface area contributed by atoms with Crippen molar-refractivity contribution in [1.82, 2.24) is 0 Å². The predicted molar refractivity (Wildman–Crippen MR) is 145 cm³/mol. The van der Waals surface area contributed by atoms with Gasteiger partial charge in [0.25, 0.3) is 0 Å². The van der Waals surface area contributed by atoms with E-state index in [4.69, 9.17) is 0 Å². The van der Waals surface area contributed by atoms with E-state index in [9.17, 15) is 19.2 Å². The minimum absolute atomic E-state index is 0.141. The number of carbonyl (C=O) groups is 4. The van der Waals surface area contributed by atoms with Crippen molar-refractivity contribution < 1.29 is 19.2 Å². The maximum Gasteiger partial charge on any atom is 0.221 e. The van der Waals surface area contributed by atoms with Crippen LogP contribution >= 0.6 is 15.9 Å². The van der Waals surface area contributed by atoms with Crippen molar-refractivity contribution in [1.29, 1.82) is 0 Å². The fourth-order valence-corrected chi connectivity index (χ4v) is 6.76. The zero-order valence-electron chi connectivity index (χ0n) is 20.2. The fourth-order valence-electron chi connectivity index (χ4n) is 6.49. The number of nitrogens with zero attached hydrogens (tertiary/aromatic N) is 1. The first-order chi connectivity index (χ1) is 17.8. The first-order valence-electron chi connectivity index (χ1n) is 12.1. The molecule has 1 N–H and O–H groups in total. The number of nitrogens with one attached hydrogen (secondary N) is 1. The molecule has 1 aliphatic carbocycles. The second-order valence-electron chi connectivity index (χ2n) is 9.79. The van der Waals surface area contributed by atoms with E-state index in [2.05, 4.69) is 21.2 Å². The van der Waals surface area contributed by atoms with Crippen LogP contribution in [-0.4, -0.2) is 35.3 Å². The molecule has 0 aromatic heterocycles. The average molecular weight is 555 g/mol. The number of fused-ring (bicyclic) bond motifs is 5. The van der Waals surface area contributed by atoms with E-state index in [1.54, 1.807) is 30.3 Å². The molecule has 6 nitrogen and oxygen atoms in total. The second-order valence-corrected chi connectivity index (χ2v) is 10.7. The molecule has 3 atom stereocenters. The molecule has 0 radical (unpaired) electrons. The van der Waals surface area contributed by atoms with Gasteiger partial charge in [-0.15, -0.1) is 0 Å². The Hall–Kier alpha value is -3.84. The van der Waals surface area contributed by atoms with E-state index in [0.717, 1.165) is 15.6 Å². The summed E-state index contributed by atoms with van der Waals surface area (Å²) in [6.07, 6.45) is 3.71. The van der Waals surface area contributed by atoms with Crippen LogP contribution in [0.5, 0.6) is 0 Å². The number of halogens is 1. The van der Waals surface area contributed by atoms with Gasteiger partial charge in [-0.2, -0.15) is 0 Å². The van der Waals surface area contributed by atoms with E-state index >= 15 is 0 Å². The molecule has 0 saturated carbocycles. The topological polar surface area (TPSA) is 83.6 Å². The third-order valence-electron chi connectivity index (χ3n) is 7.80. The monoisotopic (exact) mass is 554 g/mol. The Kier molecular flexibility index (Phi) is 5.31. The molecular weight excluding hydrogens is 532 g/mol. The maximum absolute atomic E-state index is 14.4. The lowest BCUT2D eigenvalue weighted by Crippen LogP contribution is -2.48. The lowest BCUT2D eigenvalue weighted by atomic mass is 9.64. The molecule has 3 aromatic carbocycles. The summed E-state index contributed by atoms with van der Waals surface area (Å²) in [7, 11) is 0. The lowest BCUT2D eigenvalue weighted by molar-refractivity contribution is -0.118. The third-order valence-corrected chi connectivity index (χ3v) is 8.33. The molecule has 3 aliphatic rings. The third kappa shape index (κ3) is 3.16. The molecule has 37 heavy (non-hydrogen) atoms. The average Bonchev–Trinajstić information content (AvgIpc) is 3.31. The van der Waals surface area contributed by atoms with Gasteiger partial charge in [0.1, 0.15) is 5.41 Å². The van der Waals surface area contributed by atoms with Gasteiger partial charge < -0.3 is 10.2 Å². The largest absolute Gasteiger partial charge is 0.352 e. The molecule has 3 aromatic rings. The highest BCUT2D eigenvalue weighted by Gasteiger charge is 2.71. The Morgan fingerprint density at radius 2 is 1.54 bits per heavy atom. The van der Waals surface area contributed by atoms with Crippen molar-refractivity contribution in [3.8, 4) is 0 Å². The highest BCUT2D eigenvalue weighted by molar-refractivity contribution is 9.10. The summed E-state index contributed by atoms with van der Waals surface area (Å²) < 4.78 is 0.859. The van der Waals surface area contributed by atoms with E-state index in [1.807, 2.05) is 53.5 Å². The van der Waals surface area contributed by atoms with Gasteiger partial charge in [-0.3, -0.25) is 19.2 Å². The van der Waals surface area contributed by atoms with Gasteiger partial charge in [0.15, 0.2) is 17.3 Å². The standard InChI is InChI=1S/C30H23BrN2O4/c1-16(34)27-26(18-10-12-19(31)13-11-18)30(28(36)20-6-3-4-7-21(20)29(30)37)25-15-14-22-23(32-17(2)35)8-5-9-24(22)33(25)27/h3-15,25-27H,1-2H3,(H,32,35)/t25-,26+,27-/m0/s1. The summed E-state index contributed by atoms with van der Waals surface area (Å²) in [5, 5.41) is 2.86. The Labute approximate surface area is 222 Å². The van der Waals surface area contributed by atoms with Crippen LogP contribution in [0.15, 0.2) is 77.3 Å². The normalized spacial score (nSPS) is 22.6. The number of anilines is 2. The van der Waals surface area contributed by atoms with Gasteiger partial charge in [-0.25, -0.2) is 0 Å². The lowest BCUT2D eigenvalue weighted by Gasteiger charge is -2.37. The van der Waals surface area contributed by atoms with Crippen molar-refractivity contribution in [2.24, 2.45) is 5.41 Å². The number of benzene rings is 3. The molecule has 0 bridgehead atoms.